The average Bonchev–Trinajstić information content (AvgIpc) is 1.69. The molecule has 0 heterocycles. The second-order valence-corrected chi connectivity index (χ2v) is 1.39. The monoisotopic (exact) mass is 114 g/mol. The Balaban J connectivity index is 3.92. The molecule has 0 rings (SSSR count). The Morgan fingerprint density at radius 2 is 2.25 bits per heavy atom. The minimum absolute atomic E-state index is 0.421. The molecule has 0 aliphatic carbocycles. The zero-order valence-corrected chi connectivity index (χ0v) is 5.14. The zero-order chi connectivity index (χ0) is 6.57. The number of carbonyl (C=O) groups excluding carboxylic acids is 1. The first-order valence-corrected chi connectivity index (χ1v) is 2.47. The van der Waals surface area contributed by atoms with Crippen LogP contribution in [0.1, 0.15) is 13.3 Å². The molecule has 0 atom stereocenters. The van der Waals surface area contributed by atoms with E-state index in [1.165, 1.54) is 0 Å². The molecule has 0 spiro atoms. The van der Waals surface area contributed by atoms with E-state index >= 15 is 0 Å². The number of carbonyl (C=O) groups is 1. The van der Waals surface area contributed by atoms with Gasteiger partial charge in [0.25, 0.3) is 5.91 Å². The standard InChI is InChI=1S/C5H10N2O/c1-3-4(7-2)5(6)8/h3H2,1-2H3,(H2,6,8). The van der Waals surface area contributed by atoms with E-state index in [0.29, 0.717) is 12.1 Å². The van der Waals surface area contributed by atoms with Crippen molar-refractivity contribution in [3.8, 4) is 0 Å². The van der Waals surface area contributed by atoms with Crippen LogP contribution in [0.4, 0.5) is 0 Å². The Morgan fingerprint density at radius 1 is 1.75 bits per heavy atom. The van der Waals surface area contributed by atoms with Crippen LogP contribution < -0.4 is 5.73 Å². The fraction of sp³-hybridized carbons (Fsp3) is 0.600. The van der Waals surface area contributed by atoms with Crippen LogP contribution in [0.3, 0.4) is 0 Å². The molecule has 46 valence electrons. The Bertz CT molecular complexity index is 118. The molecular formula is C5H10N2O. The van der Waals surface area contributed by atoms with Crippen LogP contribution in [0, 0.1) is 0 Å². The van der Waals surface area contributed by atoms with Crippen LogP contribution >= 0.6 is 0 Å². The third-order valence-electron chi connectivity index (χ3n) is 0.889. The van der Waals surface area contributed by atoms with Crippen LogP contribution in [0.2, 0.25) is 0 Å². The number of hydrogen-bond acceptors (Lipinski definition) is 2. The summed E-state index contributed by atoms with van der Waals surface area (Å²) in [5, 5.41) is 0. The number of hydrogen-bond donors (Lipinski definition) is 1. The minimum Gasteiger partial charge on any atom is -0.365 e. The quantitative estimate of drug-likeness (QED) is 0.503. The summed E-state index contributed by atoms with van der Waals surface area (Å²) in [4.78, 5) is 13.9. The van der Waals surface area contributed by atoms with Crippen molar-refractivity contribution in [1.29, 1.82) is 0 Å². The van der Waals surface area contributed by atoms with E-state index in [0.717, 1.165) is 0 Å². The van der Waals surface area contributed by atoms with E-state index in [2.05, 4.69) is 4.99 Å². The van der Waals surface area contributed by atoms with Gasteiger partial charge in [0.1, 0.15) is 0 Å². The summed E-state index contributed by atoms with van der Waals surface area (Å²) in [6, 6.07) is 0. The lowest BCUT2D eigenvalue weighted by Crippen LogP contribution is -2.22. The van der Waals surface area contributed by atoms with Gasteiger partial charge in [-0.3, -0.25) is 9.79 Å². The number of nitrogens with zero attached hydrogens (tertiary/aromatic N) is 1. The molecule has 0 aromatic carbocycles. The molecule has 8 heavy (non-hydrogen) atoms. The van der Waals surface area contributed by atoms with Crippen LogP contribution in [0.5, 0.6) is 0 Å². The van der Waals surface area contributed by atoms with E-state index in [4.69, 9.17) is 5.73 Å². The molecule has 1 amide bonds. The van der Waals surface area contributed by atoms with Gasteiger partial charge in [-0.1, -0.05) is 6.92 Å². The smallest absolute Gasteiger partial charge is 0.262 e. The minimum atomic E-state index is -0.421. The molecule has 3 nitrogen and oxygen atoms in total. The molecule has 0 aromatic rings. The number of nitrogens with two attached hydrogens (primary N) is 1. The Hall–Kier alpha value is -0.860. The second kappa shape index (κ2) is 3.18. The van der Waals surface area contributed by atoms with E-state index in [-0.39, 0.29) is 0 Å². The van der Waals surface area contributed by atoms with Crippen LogP contribution in [0.25, 0.3) is 0 Å². The molecule has 0 bridgehead atoms. The van der Waals surface area contributed by atoms with Crippen molar-refractivity contribution in [3.63, 3.8) is 0 Å². The normalized spacial score (nSPS) is 11.5. The molecule has 0 saturated carbocycles. The molecule has 3 heteroatoms. The number of rotatable bonds is 2. The summed E-state index contributed by atoms with van der Waals surface area (Å²) >= 11 is 0. The Kier molecular flexibility index (Phi) is 2.84. The number of primary amides is 1. The SMILES string of the molecule is CCC(=NC)C(N)=O. The first-order chi connectivity index (χ1) is 3.72. The largest absolute Gasteiger partial charge is 0.365 e. The molecule has 0 radical (unpaired) electrons. The van der Waals surface area contributed by atoms with Gasteiger partial charge in [0.05, 0.1) is 5.71 Å². The summed E-state index contributed by atoms with van der Waals surface area (Å²) in [5.41, 5.74) is 5.34. The highest BCUT2D eigenvalue weighted by atomic mass is 16.1. The van der Waals surface area contributed by atoms with Gasteiger partial charge in [0, 0.05) is 7.05 Å². The van der Waals surface area contributed by atoms with Crippen molar-refractivity contribution in [1.82, 2.24) is 0 Å². The van der Waals surface area contributed by atoms with Crippen molar-refractivity contribution in [3.05, 3.63) is 0 Å². The molecule has 0 fully saturated rings. The van der Waals surface area contributed by atoms with Gasteiger partial charge >= 0.3 is 0 Å². The Morgan fingerprint density at radius 3 is 2.25 bits per heavy atom. The highest BCUT2D eigenvalue weighted by molar-refractivity contribution is 6.38. The van der Waals surface area contributed by atoms with Gasteiger partial charge in [-0.2, -0.15) is 0 Å². The summed E-state index contributed by atoms with van der Waals surface area (Å²) < 4.78 is 0. The third-order valence-corrected chi connectivity index (χ3v) is 0.889. The maximum atomic E-state index is 10.3. The van der Waals surface area contributed by atoms with Gasteiger partial charge in [-0.15, -0.1) is 0 Å². The van der Waals surface area contributed by atoms with Crippen molar-refractivity contribution in [2.24, 2.45) is 10.7 Å². The highest BCUT2D eigenvalue weighted by Crippen LogP contribution is 1.80. The first-order valence-electron chi connectivity index (χ1n) is 2.47. The number of amides is 1. The molecule has 0 saturated heterocycles. The molecule has 0 aliphatic heterocycles. The van der Waals surface area contributed by atoms with Crippen molar-refractivity contribution >= 4 is 11.6 Å². The van der Waals surface area contributed by atoms with Gasteiger partial charge in [0.2, 0.25) is 0 Å². The lowest BCUT2D eigenvalue weighted by molar-refractivity contribution is -0.112. The molecule has 2 N–H and O–H groups in total. The maximum Gasteiger partial charge on any atom is 0.262 e. The predicted molar refractivity (Wildman–Crippen MR) is 32.8 cm³/mol. The first kappa shape index (κ1) is 7.14. The van der Waals surface area contributed by atoms with Gasteiger partial charge in [-0.05, 0) is 6.42 Å². The van der Waals surface area contributed by atoms with Gasteiger partial charge in [-0.25, -0.2) is 0 Å². The van der Waals surface area contributed by atoms with E-state index in [9.17, 15) is 4.79 Å². The average molecular weight is 114 g/mol. The lowest BCUT2D eigenvalue weighted by atomic mass is 10.3. The lowest BCUT2D eigenvalue weighted by Gasteiger charge is -1.91. The summed E-state index contributed by atoms with van der Waals surface area (Å²) in [6.07, 6.45) is 0.617. The zero-order valence-electron chi connectivity index (χ0n) is 5.14. The van der Waals surface area contributed by atoms with Gasteiger partial charge in [0.15, 0.2) is 0 Å². The topological polar surface area (TPSA) is 55.4 Å². The number of aliphatic imine (C=N–C) groups is 1. The van der Waals surface area contributed by atoms with Gasteiger partial charge < -0.3 is 5.73 Å². The van der Waals surface area contributed by atoms with Crippen LogP contribution in [-0.2, 0) is 4.79 Å². The van der Waals surface area contributed by atoms with E-state index < -0.39 is 5.91 Å². The van der Waals surface area contributed by atoms with Crippen molar-refractivity contribution in [2.45, 2.75) is 13.3 Å². The van der Waals surface area contributed by atoms with Crippen LogP contribution in [0.15, 0.2) is 4.99 Å². The molecule has 0 unspecified atom stereocenters. The highest BCUT2D eigenvalue weighted by Gasteiger charge is 1.99. The predicted octanol–water partition coefficient (Wildman–Crippen LogP) is -0.0475. The second-order valence-electron chi connectivity index (χ2n) is 1.39. The van der Waals surface area contributed by atoms with E-state index in [1.807, 2.05) is 6.92 Å². The fourth-order valence-corrected chi connectivity index (χ4v) is 0.443. The summed E-state index contributed by atoms with van der Waals surface area (Å²) in [7, 11) is 1.56. The van der Waals surface area contributed by atoms with Crippen molar-refractivity contribution < 1.29 is 4.79 Å². The summed E-state index contributed by atoms with van der Waals surface area (Å²) in [6.45, 7) is 1.84. The third kappa shape index (κ3) is 1.73. The summed E-state index contributed by atoms with van der Waals surface area (Å²) in [5.74, 6) is -0.421. The maximum absolute atomic E-state index is 10.3. The fourth-order valence-electron chi connectivity index (χ4n) is 0.443. The Labute approximate surface area is 48.6 Å². The van der Waals surface area contributed by atoms with Crippen LogP contribution in [-0.4, -0.2) is 18.7 Å². The van der Waals surface area contributed by atoms with Crippen molar-refractivity contribution in [2.75, 3.05) is 7.05 Å². The molecule has 0 aromatic heterocycles. The van der Waals surface area contributed by atoms with E-state index in [1.54, 1.807) is 7.05 Å². The molecular weight excluding hydrogens is 104 g/mol. The molecule has 0 aliphatic rings.